The molecular formula is C12H15ClFN3O2. The van der Waals surface area contributed by atoms with Crippen molar-refractivity contribution in [2.75, 3.05) is 11.4 Å². The van der Waals surface area contributed by atoms with Gasteiger partial charge in [-0.05, 0) is 24.1 Å². The first-order chi connectivity index (χ1) is 8.49. The van der Waals surface area contributed by atoms with E-state index in [4.69, 9.17) is 11.5 Å². The Labute approximate surface area is 116 Å². The number of amides is 2. The summed E-state index contributed by atoms with van der Waals surface area (Å²) in [5.41, 5.74) is 12.0. The van der Waals surface area contributed by atoms with E-state index in [2.05, 4.69) is 0 Å². The van der Waals surface area contributed by atoms with Crippen LogP contribution in [-0.2, 0) is 16.0 Å². The number of carbonyl (C=O) groups excluding carboxylic acids is 2. The summed E-state index contributed by atoms with van der Waals surface area (Å²) >= 11 is 0. The number of fused-ring (bicyclic) bond motifs is 1. The fourth-order valence-electron chi connectivity index (χ4n) is 2.09. The van der Waals surface area contributed by atoms with Crippen LogP contribution in [0.15, 0.2) is 18.2 Å². The molecule has 4 N–H and O–H groups in total. The van der Waals surface area contributed by atoms with Gasteiger partial charge in [0.2, 0.25) is 11.8 Å². The molecule has 19 heavy (non-hydrogen) atoms. The molecule has 1 unspecified atom stereocenters. The summed E-state index contributed by atoms with van der Waals surface area (Å²) < 4.78 is 13.2. The number of anilines is 1. The van der Waals surface area contributed by atoms with Gasteiger partial charge in [-0.1, -0.05) is 6.07 Å². The van der Waals surface area contributed by atoms with Crippen LogP contribution in [-0.4, -0.2) is 24.4 Å². The maximum Gasteiger partial charge on any atom is 0.244 e. The number of rotatable bonds is 3. The summed E-state index contributed by atoms with van der Waals surface area (Å²) in [6, 6.07) is 3.34. The van der Waals surface area contributed by atoms with Gasteiger partial charge in [0.05, 0.1) is 12.5 Å². The summed E-state index contributed by atoms with van der Waals surface area (Å²) in [6.45, 7) is 0.448. The molecule has 2 amide bonds. The minimum Gasteiger partial charge on any atom is -0.370 e. The molecule has 104 valence electrons. The van der Waals surface area contributed by atoms with Gasteiger partial charge in [0.25, 0.3) is 0 Å². The Hall–Kier alpha value is -1.66. The zero-order valence-corrected chi connectivity index (χ0v) is 11.0. The number of hydrogen-bond donors (Lipinski definition) is 2. The zero-order valence-electron chi connectivity index (χ0n) is 10.1. The molecule has 0 spiro atoms. The number of primary amides is 1. The molecule has 0 saturated carbocycles. The first-order valence-corrected chi connectivity index (χ1v) is 5.62. The molecule has 0 aromatic heterocycles. The Morgan fingerprint density at radius 3 is 2.74 bits per heavy atom. The number of benzene rings is 1. The van der Waals surface area contributed by atoms with E-state index in [0.717, 1.165) is 5.56 Å². The minimum atomic E-state index is -0.975. The standard InChI is InChI=1S/C12H14FN3O2.ClH/c13-8-2-1-7-3-4-16(10(7)5-8)12(18)9(14)6-11(15)17;/h1-2,5,9H,3-4,6,14H2,(H2,15,17);1H. The van der Waals surface area contributed by atoms with E-state index in [9.17, 15) is 14.0 Å². The van der Waals surface area contributed by atoms with E-state index >= 15 is 0 Å². The third kappa shape index (κ3) is 3.21. The van der Waals surface area contributed by atoms with Crippen molar-refractivity contribution in [3.05, 3.63) is 29.6 Å². The number of nitrogens with two attached hydrogens (primary N) is 2. The van der Waals surface area contributed by atoms with Crippen molar-refractivity contribution >= 4 is 29.9 Å². The van der Waals surface area contributed by atoms with Crippen molar-refractivity contribution in [3.63, 3.8) is 0 Å². The molecule has 0 aliphatic carbocycles. The maximum absolute atomic E-state index is 13.2. The van der Waals surface area contributed by atoms with Gasteiger partial charge in [0, 0.05) is 12.2 Å². The molecular weight excluding hydrogens is 273 g/mol. The maximum atomic E-state index is 13.2. The summed E-state index contributed by atoms with van der Waals surface area (Å²) in [4.78, 5) is 24.2. The molecule has 0 saturated heterocycles. The molecule has 2 rings (SSSR count). The fraction of sp³-hybridized carbons (Fsp3) is 0.333. The van der Waals surface area contributed by atoms with Gasteiger partial charge in [0.1, 0.15) is 5.82 Å². The van der Waals surface area contributed by atoms with Crippen LogP contribution in [0, 0.1) is 5.82 Å². The second-order valence-electron chi connectivity index (χ2n) is 4.29. The van der Waals surface area contributed by atoms with Crippen molar-refractivity contribution in [3.8, 4) is 0 Å². The van der Waals surface area contributed by atoms with E-state index in [1.54, 1.807) is 6.07 Å². The lowest BCUT2D eigenvalue weighted by Crippen LogP contribution is -2.45. The Bertz CT molecular complexity index is 510. The molecule has 0 radical (unpaired) electrons. The Kier molecular flexibility index (Phi) is 4.85. The molecule has 1 heterocycles. The Balaban J connectivity index is 0.00000180. The monoisotopic (exact) mass is 287 g/mol. The van der Waals surface area contributed by atoms with Crippen LogP contribution in [0.3, 0.4) is 0 Å². The Morgan fingerprint density at radius 1 is 1.42 bits per heavy atom. The molecule has 1 aromatic rings. The summed E-state index contributed by atoms with van der Waals surface area (Å²) in [6.07, 6.45) is 0.449. The van der Waals surface area contributed by atoms with Crippen molar-refractivity contribution in [1.29, 1.82) is 0 Å². The normalized spacial score (nSPS) is 14.5. The van der Waals surface area contributed by atoms with E-state index in [-0.39, 0.29) is 18.8 Å². The van der Waals surface area contributed by atoms with Crippen LogP contribution in [0.1, 0.15) is 12.0 Å². The highest BCUT2D eigenvalue weighted by Gasteiger charge is 2.29. The van der Waals surface area contributed by atoms with Gasteiger partial charge in [-0.25, -0.2) is 4.39 Å². The highest BCUT2D eigenvalue weighted by molar-refractivity contribution is 6.00. The van der Waals surface area contributed by atoms with Crippen molar-refractivity contribution in [1.82, 2.24) is 0 Å². The SMILES string of the molecule is Cl.NC(=O)CC(N)C(=O)N1CCc2ccc(F)cc21. The first-order valence-electron chi connectivity index (χ1n) is 5.62. The summed E-state index contributed by atoms with van der Waals surface area (Å²) in [5, 5.41) is 0. The van der Waals surface area contributed by atoms with Crippen LogP contribution >= 0.6 is 12.4 Å². The molecule has 1 aromatic carbocycles. The van der Waals surface area contributed by atoms with Gasteiger partial charge in [-0.2, -0.15) is 0 Å². The van der Waals surface area contributed by atoms with Gasteiger partial charge in [-0.3, -0.25) is 9.59 Å². The van der Waals surface area contributed by atoms with Crippen molar-refractivity contribution in [2.45, 2.75) is 18.9 Å². The van der Waals surface area contributed by atoms with E-state index < -0.39 is 23.7 Å². The largest absolute Gasteiger partial charge is 0.370 e. The minimum absolute atomic E-state index is 0. The topological polar surface area (TPSA) is 89.4 Å². The fourth-order valence-corrected chi connectivity index (χ4v) is 2.09. The van der Waals surface area contributed by atoms with Gasteiger partial charge in [-0.15, -0.1) is 12.4 Å². The molecule has 1 aliphatic heterocycles. The number of carbonyl (C=O) groups is 2. The first kappa shape index (κ1) is 15.4. The zero-order chi connectivity index (χ0) is 13.3. The van der Waals surface area contributed by atoms with Gasteiger partial charge < -0.3 is 16.4 Å². The highest BCUT2D eigenvalue weighted by Crippen LogP contribution is 2.29. The third-order valence-corrected chi connectivity index (χ3v) is 2.95. The average Bonchev–Trinajstić information content (AvgIpc) is 2.69. The van der Waals surface area contributed by atoms with Crippen LogP contribution in [0.25, 0.3) is 0 Å². The number of nitrogens with zero attached hydrogens (tertiary/aromatic N) is 1. The predicted molar refractivity (Wildman–Crippen MR) is 71.5 cm³/mol. The van der Waals surface area contributed by atoms with E-state index in [1.807, 2.05) is 0 Å². The van der Waals surface area contributed by atoms with Crippen molar-refractivity contribution in [2.24, 2.45) is 11.5 Å². The summed E-state index contributed by atoms with van der Waals surface area (Å²) in [5.74, 6) is -1.44. The molecule has 0 bridgehead atoms. The number of hydrogen-bond acceptors (Lipinski definition) is 3. The van der Waals surface area contributed by atoms with Crippen LogP contribution < -0.4 is 16.4 Å². The molecule has 5 nitrogen and oxygen atoms in total. The van der Waals surface area contributed by atoms with Crippen LogP contribution in [0.4, 0.5) is 10.1 Å². The Morgan fingerprint density at radius 2 is 2.11 bits per heavy atom. The van der Waals surface area contributed by atoms with E-state index in [0.29, 0.717) is 18.7 Å². The smallest absolute Gasteiger partial charge is 0.244 e. The second-order valence-corrected chi connectivity index (χ2v) is 4.29. The average molecular weight is 288 g/mol. The molecule has 0 fully saturated rings. The molecule has 7 heteroatoms. The summed E-state index contributed by atoms with van der Waals surface area (Å²) in [7, 11) is 0. The predicted octanol–water partition coefficient (Wildman–Crippen LogP) is 0.339. The lowest BCUT2D eigenvalue weighted by atomic mass is 10.1. The highest BCUT2D eigenvalue weighted by atomic mass is 35.5. The van der Waals surface area contributed by atoms with Crippen molar-refractivity contribution < 1.29 is 14.0 Å². The lowest BCUT2D eigenvalue weighted by molar-refractivity contribution is -0.124. The number of halogens is 2. The van der Waals surface area contributed by atoms with Crippen LogP contribution in [0.2, 0.25) is 0 Å². The van der Waals surface area contributed by atoms with E-state index in [1.165, 1.54) is 17.0 Å². The molecule has 1 aliphatic rings. The molecule has 1 atom stereocenters. The lowest BCUT2D eigenvalue weighted by Gasteiger charge is -2.20. The van der Waals surface area contributed by atoms with Crippen LogP contribution in [0.5, 0.6) is 0 Å². The van der Waals surface area contributed by atoms with Gasteiger partial charge in [0.15, 0.2) is 0 Å². The quantitative estimate of drug-likeness (QED) is 0.840. The van der Waals surface area contributed by atoms with Gasteiger partial charge >= 0.3 is 0 Å². The third-order valence-electron chi connectivity index (χ3n) is 2.95. The second kappa shape index (κ2) is 5.99.